The van der Waals surface area contributed by atoms with Crippen LogP contribution in [0.1, 0.15) is 21.5 Å². The van der Waals surface area contributed by atoms with Crippen molar-refractivity contribution in [1.29, 1.82) is 5.26 Å². The van der Waals surface area contributed by atoms with Gasteiger partial charge in [0.1, 0.15) is 18.2 Å². The minimum absolute atomic E-state index is 0.00600. The van der Waals surface area contributed by atoms with E-state index in [2.05, 4.69) is 21.2 Å². The normalized spacial score (nSPS) is 11.0. The lowest BCUT2D eigenvalue weighted by atomic mass is 10.1. The number of benzene rings is 3. The fourth-order valence-electron chi connectivity index (χ4n) is 2.83. The first-order valence-corrected chi connectivity index (χ1v) is 11.4. The SMILES string of the molecule is N#C/C(=C/c1cc(Cl)c(OCc2ccc(Cl)cc2Cl)c(Br)c1)C(=O)Nc1cccc(C(=O)O)c1. The van der Waals surface area contributed by atoms with Crippen molar-refractivity contribution in [3.05, 3.63) is 96.4 Å². The maximum absolute atomic E-state index is 12.5. The van der Waals surface area contributed by atoms with Gasteiger partial charge in [0, 0.05) is 21.3 Å². The van der Waals surface area contributed by atoms with Crippen LogP contribution < -0.4 is 10.1 Å². The summed E-state index contributed by atoms with van der Waals surface area (Å²) >= 11 is 21.8. The quantitative estimate of drug-likeness (QED) is 0.227. The van der Waals surface area contributed by atoms with Crippen LogP contribution in [0.25, 0.3) is 6.08 Å². The molecule has 0 aliphatic carbocycles. The van der Waals surface area contributed by atoms with Gasteiger partial charge in [0.25, 0.3) is 5.91 Å². The Morgan fingerprint density at radius 2 is 1.85 bits per heavy atom. The van der Waals surface area contributed by atoms with Gasteiger partial charge in [-0.2, -0.15) is 5.26 Å². The third-order valence-corrected chi connectivity index (χ3v) is 5.91. The van der Waals surface area contributed by atoms with E-state index in [4.69, 9.17) is 44.6 Å². The van der Waals surface area contributed by atoms with Gasteiger partial charge >= 0.3 is 5.97 Å². The van der Waals surface area contributed by atoms with Crippen LogP contribution in [-0.2, 0) is 11.4 Å². The Kier molecular flexibility index (Phi) is 8.59. The van der Waals surface area contributed by atoms with E-state index in [1.54, 1.807) is 30.3 Å². The zero-order chi connectivity index (χ0) is 24.8. The zero-order valence-electron chi connectivity index (χ0n) is 17.1. The van der Waals surface area contributed by atoms with Crippen LogP contribution >= 0.6 is 50.7 Å². The van der Waals surface area contributed by atoms with Crippen LogP contribution in [0.5, 0.6) is 5.75 Å². The molecule has 0 saturated carbocycles. The maximum Gasteiger partial charge on any atom is 0.335 e. The van der Waals surface area contributed by atoms with Gasteiger partial charge in [-0.3, -0.25) is 4.79 Å². The molecule has 3 aromatic rings. The molecule has 6 nitrogen and oxygen atoms in total. The lowest BCUT2D eigenvalue weighted by Gasteiger charge is -2.12. The molecule has 10 heteroatoms. The Labute approximate surface area is 218 Å². The maximum atomic E-state index is 12.5. The topological polar surface area (TPSA) is 99.4 Å². The van der Waals surface area contributed by atoms with E-state index < -0.39 is 11.9 Å². The van der Waals surface area contributed by atoms with Crippen molar-refractivity contribution in [2.24, 2.45) is 0 Å². The van der Waals surface area contributed by atoms with Crippen LogP contribution in [0, 0.1) is 11.3 Å². The number of carboxylic acids is 1. The summed E-state index contributed by atoms with van der Waals surface area (Å²) in [5, 5.41) is 22.3. The van der Waals surface area contributed by atoms with Gasteiger partial charge < -0.3 is 15.2 Å². The van der Waals surface area contributed by atoms with Gasteiger partial charge in [-0.05, 0) is 70.0 Å². The smallest absolute Gasteiger partial charge is 0.335 e. The van der Waals surface area contributed by atoms with Gasteiger partial charge in [-0.1, -0.05) is 46.9 Å². The van der Waals surface area contributed by atoms with Crippen molar-refractivity contribution >= 4 is 74.4 Å². The first kappa shape index (κ1) is 25.6. The summed E-state index contributed by atoms with van der Waals surface area (Å²) in [4.78, 5) is 23.6. The molecule has 0 spiro atoms. The molecule has 0 radical (unpaired) electrons. The summed E-state index contributed by atoms with van der Waals surface area (Å²) in [5.74, 6) is -1.47. The van der Waals surface area contributed by atoms with Crippen LogP contribution in [-0.4, -0.2) is 17.0 Å². The molecule has 0 aliphatic heterocycles. The number of aromatic carboxylic acids is 1. The van der Waals surface area contributed by atoms with Gasteiger partial charge in [0.2, 0.25) is 0 Å². The molecular formula is C24H14BrCl3N2O4. The minimum Gasteiger partial charge on any atom is -0.486 e. The fourth-order valence-corrected chi connectivity index (χ4v) is 4.28. The molecule has 0 unspecified atom stereocenters. The molecule has 172 valence electrons. The number of rotatable bonds is 7. The molecule has 1 amide bonds. The van der Waals surface area contributed by atoms with Crippen LogP contribution in [0.4, 0.5) is 5.69 Å². The minimum atomic E-state index is -1.13. The number of ether oxygens (including phenoxy) is 1. The average Bonchev–Trinajstić information content (AvgIpc) is 2.78. The highest BCUT2D eigenvalue weighted by molar-refractivity contribution is 9.10. The number of carbonyl (C=O) groups excluding carboxylic acids is 1. The number of nitrogens with zero attached hydrogens (tertiary/aromatic N) is 1. The third kappa shape index (κ3) is 6.52. The highest BCUT2D eigenvalue weighted by Crippen LogP contribution is 2.36. The lowest BCUT2D eigenvalue weighted by Crippen LogP contribution is -2.14. The summed E-state index contributed by atoms with van der Waals surface area (Å²) in [6.45, 7) is 0.144. The predicted molar refractivity (Wildman–Crippen MR) is 136 cm³/mol. The van der Waals surface area contributed by atoms with Crippen molar-refractivity contribution in [1.82, 2.24) is 0 Å². The van der Waals surface area contributed by atoms with Crippen LogP contribution in [0.2, 0.25) is 15.1 Å². The number of nitrogens with one attached hydrogen (secondary N) is 1. The number of nitriles is 1. The standard InChI is InChI=1S/C24H14BrCl3N2O4/c25-19-7-13(8-21(28)22(19)34-12-15-4-5-17(26)10-20(15)27)6-16(11-29)23(31)30-18-3-1-2-14(9-18)24(32)33/h1-10H,12H2,(H,30,31)(H,32,33)/b16-6-. The second-order valence-electron chi connectivity index (χ2n) is 6.85. The number of hydrogen-bond donors (Lipinski definition) is 2. The monoisotopic (exact) mass is 578 g/mol. The Bertz CT molecular complexity index is 1330. The van der Waals surface area contributed by atoms with E-state index in [9.17, 15) is 14.9 Å². The summed E-state index contributed by atoms with van der Waals surface area (Å²) in [6, 6.07) is 15.8. The molecule has 0 fully saturated rings. The number of halogens is 4. The molecule has 0 bridgehead atoms. The van der Waals surface area contributed by atoms with Gasteiger partial charge in [0.15, 0.2) is 5.75 Å². The van der Waals surface area contributed by atoms with E-state index in [1.165, 1.54) is 30.3 Å². The van der Waals surface area contributed by atoms with E-state index in [0.29, 0.717) is 31.4 Å². The highest BCUT2D eigenvalue weighted by Gasteiger charge is 2.14. The van der Waals surface area contributed by atoms with Crippen LogP contribution in [0.3, 0.4) is 0 Å². The summed E-state index contributed by atoms with van der Waals surface area (Å²) in [6.07, 6.45) is 1.35. The Morgan fingerprint density at radius 1 is 1.09 bits per heavy atom. The molecule has 0 saturated heterocycles. The molecule has 2 N–H and O–H groups in total. The molecule has 0 aromatic heterocycles. The number of carboxylic acid groups (broad SMARTS) is 1. The first-order chi connectivity index (χ1) is 16.2. The molecule has 0 heterocycles. The highest BCUT2D eigenvalue weighted by atomic mass is 79.9. The van der Waals surface area contributed by atoms with Gasteiger partial charge in [-0.15, -0.1) is 0 Å². The Balaban J connectivity index is 1.78. The number of hydrogen-bond acceptors (Lipinski definition) is 4. The molecule has 0 aliphatic rings. The van der Waals surface area contributed by atoms with Gasteiger partial charge in [-0.25, -0.2) is 4.79 Å². The average molecular weight is 581 g/mol. The summed E-state index contributed by atoms with van der Waals surface area (Å²) < 4.78 is 6.30. The number of carbonyl (C=O) groups is 2. The molecular weight excluding hydrogens is 567 g/mol. The van der Waals surface area contributed by atoms with Crippen molar-refractivity contribution in [2.75, 3.05) is 5.32 Å². The van der Waals surface area contributed by atoms with Crippen molar-refractivity contribution in [3.63, 3.8) is 0 Å². The number of amides is 1. The van der Waals surface area contributed by atoms with E-state index in [0.717, 1.165) is 0 Å². The lowest BCUT2D eigenvalue weighted by molar-refractivity contribution is -0.112. The molecule has 3 rings (SSSR count). The summed E-state index contributed by atoms with van der Waals surface area (Å²) in [7, 11) is 0. The van der Waals surface area contributed by atoms with Gasteiger partial charge in [0.05, 0.1) is 15.1 Å². The zero-order valence-corrected chi connectivity index (χ0v) is 21.0. The van der Waals surface area contributed by atoms with Crippen LogP contribution in [0.15, 0.2) is 64.6 Å². The molecule has 34 heavy (non-hydrogen) atoms. The second kappa shape index (κ2) is 11.4. The second-order valence-corrected chi connectivity index (χ2v) is 8.95. The molecule has 0 atom stereocenters. The Hall–Kier alpha value is -3.02. The Morgan fingerprint density at radius 3 is 2.50 bits per heavy atom. The predicted octanol–water partition coefficient (Wildman–Crippen LogP) is 7.23. The fraction of sp³-hybridized carbons (Fsp3) is 0.0417. The largest absolute Gasteiger partial charge is 0.486 e. The van der Waals surface area contributed by atoms with E-state index in [1.807, 2.05) is 6.07 Å². The van der Waals surface area contributed by atoms with Crippen molar-refractivity contribution in [2.45, 2.75) is 6.61 Å². The number of anilines is 1. The van der Waals surface area contributed by atoms with E-state index in [-0.39, 0.29) is 28.5 Å². The van der Waals surface area contributed by atoms with Crippen molar-refractivity contribution in [3.8, 4) is 11.8 Å². The molecule has 3 aromatic carbocycles. The van der Waals surface area contributed by atoms with Crippen molar-refractivity contribution < 1.29 is 19.4 Å². The van der Waals surface area contributed by atoms with E-state index >= 15 is 0 Å². The third-order valence-electron chi connectivity index (χ3n) is 4.45. The summed E-state index contributed by atoms with van der Waals surface area (Å²) in [5.41, 5.74) is 1.24. The first-order valence-electron chi connectivity index (χ1n) is 9.50.